The summed E-state index contributed by atoms with van der Waals surface area (Å²) in [6.45, 7) is 6.40. The van der Waals surface area contributed by atoms with Crippen molar-refractivity contribution in [2.24, 2.45) is 5.92 Å². The van der Waals surface area contributed by atoms with Crippen molar-refractivity contribution in [3.8, 4) is 0 Å². The van der Waals surface area contributed by atoms with Gasteiger partial charge in [-0.25, -0.2) is 9.78 Å². The van der Waals surface area contributed by atoms with Gasteiger partial charge in [0.05, 0.1) is 0 Å². The molecule has 0 aliphatic heterocycles. The quantitative estimate of drug-likeness (QED) is 0.832. The summed E-state index contributed by atoms with van der Waals surface area (Å²) in [5.74, 6) is 1.10. The van der Waals surface area contributed by atoms with Crippen molar-refractivity contribution >= 4 is 23.3 Å². The van der Waals surface area contributed by atoms with E-state index in [1.807, 2.05) is 6.92 Å². The van der Waals surface area contributed by atoms with Crippen LogP contribution >= 0.6 is 12.2 Å². The predicted octanol–water partition coefficient (Wildman–Crippen LogP) is 1.36. The first-order chi connectivity index (χ1) is 8.93. The normalized spacial score (nSPS) is 11.4. The van der Waals surface area contributed by atoms with Gasteiger partial charge in [-0.1, -0.05) is 26.1 Å². The average Bonchev–Trinajstić information content (AvgIpc) is 2.26. The van der Waals surface area contributed by atoms with Gasteiger partial charge >= 0.3 is 5.69 Å². The Bertz CT molecular complexity index is 785. The highest BCUT2D eigenvalue weighted by molar-refractivity contribution is 7.71. The molecule has 0 saturated heterocycles. The molecule has 19 heavy (non-hydrogen) atoms. The Labute approximate surface area is 114 Å². The molecule has 0 bridgehead atoms. The van der Waals surface area contributed by atoms with Crippen molar-refractivity contribution in [1.82, 2.24) is 19.5 Å². The fraction of sp³-hybridized carbons (Fsp3) is 0.500. The molecule has 0 atom stereocenters. The molecule has 2 heterocycles. The van der Waals surface area contributed by atoms with E-state index < -0.39 is 11.2 Å². The summed E-state index contributed by atoms with van der Waals surface area (Å²) >= 11 is 5.17. The summed E-state index contributed by atoms with van der Waals surface area (Å²) in [6, 6.07) is 0. The van der Waals surface area contributed by atoms with Gasteiger partial charge in [-0.15, -0.1) is 0 Å². The molecule has 0 aliphatic rings. The highest BCUT2D eigenvalue weighted by atomic mass is 32.1. The van der Waals surface area contributed by atoms with Crippen LogP contribution in [0, 0.1) is 10.6 Å². The van der Waals surface area contributed by atoms with Crippen LogP contribution in [0.25, 0.3) is 11.0 Å². The minimum atomic E-state index is -0.491. The van der Waals surface area contributed by atoms with E-state index >= 15 is 0 Å². The molecule has 0 unspecified atom stereocenters. The highest BCUT2D eigenvalue weighted by Crippen LogP contribution is 2.09. The molecule has 0 saturated carbocycles. The van der Waals surface area contributed by atoms with E-state index in [-0.39, 0.29) is 10.0 Å². The molecular formula is C12H16N4O2S. The topological polar surface area (TPSA) is 83.5 Å². The molecule has 2 rings (SSSR count). The van der Waals surface area contributed by atoms with Crippen LogP contribution in [0.1, 0.15) is 26.6 Å². The zero-order chi connectivity index (χ0) is 14.2. The van der Waals surface area contributed by atoms with E-state index in [2.05, 4.69) is 28.8 Å². The first-order valence-corrected chi connectivity index (χ1v) is 6.60. The van der Waals surface area contributed by atoms with Crippen LogP contribution in [0.2, 0.25) is 0 Å². The fourth-order valence-electron chi connectivity index (χ4n) is 2.03. The molecule has 2 N–H and O–H groups in total. The number of H-pyrrole nitrogens is 2. The third-order valence-electron chi connectivity index (χ3n) is 2.83. The van der Waals surface area contributed by atoms with Gasteiger partial charge in [0.2, 0.25) is 0 Å². The zero-order valence-corrected chi connectivity index (χ0v) is 11.9. The molecule has 0 radical (unpaired) electrons. The van der Waals surface area contributed by atoms with Crippen LogP contribution in [0.15, 0.2) is 9.59 Å². The monoisotopic (exact) mass is 280 g/mol. The van der Waals surface area contributed by atoms with Crippen LogP contribution in [-0.4, -0.2) is 19.5 Å². The van der Waals surface area contributed by atoms with Gasteiger partial charge in [0.25, 0.3) is 5.56 Å². The Hall–Kier alpha value is -1.76. The Balaban J connectivity index is 2.89. The third kappa shape index (κ3) is 2.51. The molecule has 0 amide bonds. The highest BCUT2D eigenvalue weighted by Gasteiger charge is 2.11. The molecule has 0 aliphatic carbocycles. The largest absolute Gasteiger partial charge is 0.329 e. The number of hydrogen-bond donors (Lipinski definition) is 2. The van der Waals surface area contributed by atoms with Crippen molar-refractivity contribution in [3.63, 3.8) is 0 Å². The third-order valence-corrected chi connectivity index (χ3v) is 3.13. The summed E-state index contributed by atoms with van der Waals surface area (Å²) in [7, 11) is 0. The summed E-state index contributed by atoms with van der Waals surface area (Å²) in [5.41, 5.74) is -0.478. The Kier molecular flexibility index (Phi) is 3.66. The Morgan fingerprint density at radius 3 is 2.58 bits per heavy atom. The zero-order valence-electron chi connectivity index (χ0n) is 11.1. The lowest BCUT2D eigenvalue weighted by atomic mass is 10.1. The fourth-order valence-corrected chi connectivity index (χ4v) is 2.33. The van der Waals surface area contributed by atoms with E-state index in [0.29, 0.717) is 30.4 Å². The second kappa shape index (κ2) is 5.08. The number of aryl methyl sites for hydroxylation is 1. The predicted molar refractivity (Wildman–Crippen MR) is 76.0 cm³/mol. The standard InChI is InChI=1S/C12H16N4O2S/c1-4-16-9-8(10(17)15-12(16)18)11(19)14-7(13-9)5-6(2)3/h6H,4-5H2,1-3H3,(H,13,14,19)(H,15,17,18). The van der Waals surface area contributed by atoms with Gasteiger partial charge in [0.15, 0.2) is 0 Å². The van der Waals surface area contributed by atoms with Crippen LogP contribution in [0.5, 0.6) is 0 Å². The molecule has 0 spiro atoms. The lowest BCUT2D eigenvalue weighted by Crippen LogP contribution is -2.31. The number of hydrogen-bond acceptors (Lipinski definition) is 4. The van der Waals surface area contributed by atoms with E-state index in [1.165, 1.54) is 4.57 Å². The summed E-state index contributed by atoms with van der Waals surface area (Å²) in [5, 5.41) is 0.268. The molecule has 2 aromatic rings. The average molecular weight is 280 g/mol. The number of fused-ring (bicyclic) bond motifs is 1. The Morgan fingerprint density at radius 1 is 1.32 bits per heavy atom. The number of rotatable bonds is 3. The maximum absolute atomic E-state index is 11.8. The summed E-state index contributed by atoms with van der Waals surface area (Å²) < 4.78 is 1.69. The van der Waals surface area contributed by atoms with Crippen molar-refractivity contribution in [2.45, 2.75) is 33.7 Å². The van der Waals surface area contributed by atoms with Gasteiger partial charge < -0.3 is 4.98 Å². The Morgan fingerprint density at radius 2 is 2.00 bits per heavy atom. The molecule has 102 valence electrons. The molecule has 0 fully saturated rings. The SMILES string of the molecule is CCn1c(=O)[nH]c(=O)c2c(=S)nc(CC(C)C)[nH]c21. The van der Waals surface area contributed by atoms with Crippen LogP contribution in [0.3, 0.4) is 0 Å². The van der Waals surface area contributed by atoms with Gasteiger partial charge in [-0.05, 0) is 12.8 Å². The maximum atomic E-state index is 11.8. The smallest absolute Gasteiger partial charge is 0.329 e. The molecule has 2 aromatic heterocycles. The number of aromatic nitrogens is 4. The number of nitrogens with zero attached hydrogens (tertiary/aromatic N) is 2. The second-order valence-electron chi connectivity index (χ2n) is 4.81. The maximum Gasteiger partial charge on any atom is 0.329 e. The van der Waals surface area contributed by atoms with Crippen LogP contribution in [-0.2, 0) is 13.0 Å². The molecule has 6 nitrogen and oxygen atoms in total. The van der Waals surface area contributed by atoms with E-state index in [9.17, 15) is 9.59 Å². The number of nitrogens with one attached hydrogen (secondary N) is 2. The van der Waals surface area contributed by atoms with Gasteiger partial charge in [0.1, 0.15) is 21.5 Å². The van der Waals surface area contributed by atoms with Crippen molar-refractivity contribution in [1.29, 1.82) is 0 Å². The number of aromatic amines is 2. The van der Waals surface area contributed by atoms with E-state index in [0.717, 1.165) is 0 Å². The van der Waals surface area contributed by atoms with Gasteiger partial charge in [-0.2, -0.15) is 0 Å². The minimum Gasteiger partial charge on any atom is -0.329 e. The lowest BCUT2D eigenvalue weighted by Gasteiger charge is -2.10. The van der Waals surface area contributed by atoms with Crippen molar-refractivity contribution in [2.75, 3.05) is 0 Å². The van der Waals surface area contributed by atoms with Crippen molar-refractivity contribution in [3.05, 3.63) is 31.3 Å². The first kappa shape index (κ1) is 13.7. The van der Waals surface area contributed by atoms with Gasteiger partial charge in [-0.3, -0.25) is 14.3 Å². The van der Waals surface area contributed by atoms with Crippen molar-refractivity contribution < 1.29 is 0 Å². The first-order valence-electron chi connectivity index (χ1n) is 6.20. The molecule has 0 aromatic carbocycles. The minimum absolute atomic E-state index is 0.229. The van der Waals surface area contributed by atoms with E-state index in [4.69, 9.17) is 12.2 Å². The molecule has 7 heteroatoms. The second-order valence-corrected chi connectivity index (χ2v) is 5.20. The van der Waals surface area contributed by atoms with Crippen LogP contribution in [0.4, 0.5) is 0 Å². The summed E-state index contributed by atoms with van der Waals surface area (Å²) in [4.78, 5) is 33.1. The summed E-state index contributed by atoms with van der Waals surface area (Å²) in [6.07, 6.45) is 0.713. The van der Waals surface area contributed by atoms with Gasteiger partial charge in [0, 0.05) is 13.0 Å². The van der Waals surface area contributed by atoms with E-state index in [1.54, 1.807) is 0 Å². The molecular weight excluding hydrogens is 264 g/mol. The lowest BCUT2D eigenvalue weighted by molar-refractivity contribution is 0.618. The van der Waals surface area contributed by atoms with Crippen LogP contribution < -0.4 is 11.2 Å².